The maximum absolute atomic E-state index is 12.6. The molecule has 1 aliphatic heterocycles. The molecule has 28 heavy (non-hydrogen) atoms. The molecular formula is C21H23N3O3S. The minimum absolute atomic E-state index is 0.0257. The van der Waals surface area contributed by atoms with Crippen LogP contribution in [0.2, 0.25) is 0 Å². The van der Waals surface area contributed by atoms with Gasteiger partial charge in [0.25, 0.3) is 5.22 Å². The molecule has 2 aromatic carbocycles. The summed E-state index contributed by atoms with van der Waals surface area (Å²) in [6, 6.07) is 15.6. The quantitative estimate of drug-likeness (QED) is 0.592. The maximum atomic E-state index is 12.6. The van der Waals surface area contributed by atoms with E-state index < -0.39 is 0 Å². The van der Waals surface area contributed by atoms with Gasteiger partial charge in [-0.3, -0.25) is 4.79 Å². The van der Waals surface area contributed by atoms with Gasteiger partial charge in [0.05, 0.1) is 24.5 Å². The van der Waals surface area contributed by atoms with E-state index in [1.807, 2.05) is 49.5 Å². The van der Waals surface area contributed by atoms with Crippen LogP contribution in [0.4, 0.5) is 5.69 Å². The van der Waals surface area contributed by atoms with Crippen molar-refractivity contribution in [2.75, 3.05) is 37.3 Å². The summed E-state index contributed by atoms with van der Waals surface area (Å²) in [6.45, 7) is 4.34. The first kappa shape index (κ1) is 18.7. The Morgan fingerprint density at radius 1 is 1.25 bits per heavy atom. The van der Waals surface area contributed by atoms with Gasteiger partial charge in [0.1, 0.15) is 17.4 Å². The number of carbonyl (C=O) groups is 1. The number of likely N-dealkylation sites (N-methyl/N-ethyl adjacent to an activating group) is 2. The minimum Gasteiger partial charge on any atom is -0.485 e. The maximum Gasteiger partial charge on any atom is 0.257 e. The number of para-hydroxylation sites is 4. The van der Waals surface area contributed by atoms with Gasteiger partial charge < -0.3 is 19.0 Å². The second-order valence-corrected chi connectivity index (χ2v) is 7.68. The number of oxazole rings is 1. The molecule has 1 aromatic heterocycles. The normalized spacial score (nSPS) is 15.9. The zero-order chi connectivity index (χ0) is 19.5. The Hall–Kier alpha value is -2.67. The van der Waals surface area contributed by atoms with Crippen molar-refractivity contribution in [1.29, 1.82) is 0 Å². The summed E-state index contributed by atoms with van der Waals surface area (Å²) in [5.74, 6) is 1.18. The average molecular weight is 398 g/mol. The molecule has 146 valence electrons. The molecule has 0 unspecified atom stereocenters. The van der Waals surface area contributed by atoms with Crippen molar-refractivity contribution in [2.24, 2.45) is 0 Å². The molecule has 1 amide bonds. The molecular weight excluding hydrogens is 374 g/mol. The summed E-state index contributed by atoms with van der Waals surface area (Å²) in [5, 5.41) is 0.517. The summed E-state index contributed by atoms with van der Waals surface area (Å²) in [6.07, 6.45) is -0.0573. The lowest BCUT2D eigenvalue weighted by Crippen LogP contribution is -2.47. The molecule has 0 spiro atoms. The molecule has 0 bridgehead atoms. The summed E-state index contributed by atoms with van der Waals surface area (Å²) in [5.41, 5.74) is 2.65. The topological polar surface area (TPSA) is 58.8 Å². The van der Waals surface area contributed by atoms with E-state index in [0.717, 1.165) is 35.6 Å². The lowest BCUT2D eigenvalue weighted by molar-refractivity contribution is -0.128. The van der Waals surface area contributed by atoms with Crippen LogP contribution in [0.3, 0.4) is 0 Å². The van der Waals surface area contributed by atoms with Crippen molar-refractivity contribution in [1.82, 2.24) is 9.88 Å². The van der Waals surface area contributed by atoms with Crippen LogP contribution in [0.1, 0.15) is 6.92 Å². The van der Waals surface area contributed by atoms with E-state index in [9.17, 15) is 4.79 Å². The van der Waals surface area contributed by atoms with Crippen LogP contribution in [-0.4, -0.2) is 54.3 Å². The Balaban J connectivity index is 1.34. The van der Waals surface area contributed by atoms with Gasteiger partial charge in [0, 0.05) is 13.6 Å². The summed E-state index contributed by atoms with van der Waals surface area (Å²) in [4.78, 5) is 21.0. The zero-order valence-electron chi connectivity index (χ0n) is 16.0. The fourth-order valence-corrected chi connectivity index (χ4v) is 4.11. The Labute approximate surface area is 168 Å². The predicted octanol–water partition coefficient (Wildman–Crippen LogP) is 3.67. The van der Waals surface area contributed by atoms with E-state index in [1.54, 1.807) is 4.90 Å². The lowest BCUT2D eigenvalue weighted by Gasteiger charge is -2.37. The van der Waals surface area contributed by atoms with Gasteiger partial charge >= 0.3 is 0 Å². The van der Waals surface area contributed by atoms with Crippen LogP contribution >= 0.6 is 11.8 Å². The number of carbonyl (C=O) groups excluding carboxylic acids is 1. The van der Waals surface area contributed by atoms with Crippen LogP contribution in [-0.2, 0) is 4.79 Å². The number of ether oxygens (including phenoxy) is 1. The number of thioether (sulfide) groups is 1. The fraction of sp³-hybridized carbons (Fsp3) is 0.333. The molecule has 0 N–H and O–H groups in total. The van der Waals surface area contributed by atoms with Crippen molar-refractivity contribution < 1.29 is 13.9 Å². The van der Waals surface area contributed by atoms with E-state index in [2.05, 4.69) is 22.9 Å². The highest BCUT2D eigenvalue weighted by Gasteiger charge is 2.26. The third-order valence-corrected chi connectivity index (χ3v) is 5.61. The smallest absolute Gasteiger partial charge is 0.257 e. The third kappa shape index (κ3) is 3.94. The highest BCUT2D eigenvalue weighted by molar-refractivity contribution is 7.99. The van der Waals surface area contributed by atoms with E-state index in [0.29, 0.717) is 11.8 Å². The van der Waals surface area contributed by atoms with Crippen LogP contribution in [0.15, 0.2) is 58.2 Å². The number of amides is 1. The lowest BCUT2D eigenvalue weighted by atomic mass is 10.2. The molecule has 0 radical (unpaired) electrons. The van der Waals surface area contributed by atoms with Gasteiger partial charge in [-0.05, 0) is 31.2 Å². The molecule has 0 fully saturated rings. The van der Waals surface area contributed by atoms with Crippen molar-refractivity contribution in [3.8, 4) is 5.75 Å². The summed E-state index contributed by atoms with van der Waals surface area (Å²) >= 11 is 1.32. The second kappa shape index (κ2) is 8.14. The highest BCUT2D eigenvalue weighted by atomic mass is 32.2. The van der Waals surface area contributed by atoms with E-state index in [1.165, 1.54) is 11.8 Å². The van der Waals surface area contributed by atoms with Crippen LogP contribution in [0.25, 0.3) is 11.1 Å². The molecule has 7 heteroatoms. The van der Waals surface area contributed by atoms with Crippen molar-refractivity contribution in [3.05, 3.63) is 48.5 Å². The Morgan fingerprint density at radius 3 is 2.86 bits per heavy atom. The fourth-order valence-electron chi connectivity index (χ4n) is 3.33. The van der Waals surface area contributed by atoms with Gasteiger partial charge in [-0.1, -0.05) is 36.0 Å². The van der Waals surface area contributed by atoms with E-state index in [4.69, 9.17) is 9.15 Å². The van der Waals surface area contributed by atoms with E-state index in [-0.39, 0.29) is 17.8 Å². The number of nitrogens with zero attached hydrogens (tertiary/aromatic N) is 3. The van der Waals surface area contributed by atoms with Gasteiger partial charge in [-0.2, -0.15) is 0 Å². The monoisotopic (exact) mass is 397 g/mol. The summed E-state index contributed by atoms with van der Waals surface area (Å²) in [7, 11) is 1.81. The number of anilines is 1. The van der Waals surface area contributed by atoms with Crippen LogP contribution in [0.5, 0.6) is 5.75 Å². The Morgan fingerprint density at radius 2 is 2.04 bits per heavy atom. The third-order valence-electron chi connectivity index (χ3n) is 4.80. The first-order chi connectivity index (χ1) is 13.6. The predicted molar refractivity (Wildman–Crippen MR) is 111 cm³/mol. The second-order valence-electron chi connectivity index (χ2n) is 6.76. The van der Waals surface area contributed by atoms with Gasteiger partial charge in [0.2, 0.25) is 5.91 Å². The summed E-state index contributed by atoms with van der Waals surface area (Å²) < 4.78 is 11.8. The molecule has 3 aromatic rings. The molecule has 0 saturated carbocycles. The number of benzene rings is 2. The first-order valence-electron chi connectivity index (χ1n) is 9.37. The molecule has 0 saturated heterocycles. The zero-order valence-corrected chi connectivity index (χ0v) is 16.8. The Kier molecular flexibility index (Phi) is 5.43. The average Bonchev–Trinajstić information content (AvgIpc) is 3.14. The van der Waals surface area contributed by atoms with Gasteiger partial charge in [-0.15, -0.1) is 0 Å². The van der Waals surface area contributed by atoms with Gasteiger partial charge in [0.15, 0.2) is 5.58 Å². The molecule has 6 nitrogen and oxygen atoms in total. The number of fused-ring (bicyclic) bond motifs is 2. The Bertz CT molecular complexity index is 941. The molecule has 2 heterocycles. The first-order valence-corrected chi connectivity index (χ1v) is 10.4. The standard InChI is InChI=1S/C21H23N3O3S/c1-3-24-13-15(26-19-11-7-5-9-17(19)24)12-23(2)20(25)14-28-21-22-16-8-4-6-10-18(16)27-21/h4-11,15H,3,12-14H2,1-2H3/t15-/m0/s1. The van der Waals surface area contributed by atoms with E-state index >= 15 is 0 Å². The van der Waals surface area contributed by atoms with Crippen LogP contribution in [0, 0.1) is 0 Å². The SMILES string of the molecule is CCN1C[C@H](CN(C)C(=O)CSc2nc3ccccc3o2)Oc2ccccc21. The highest BCUT2D eigenvalue weighted by Crippen LogP contribution is 2.33. The largest absolute Gasteiger partial charge is 0.485 e. The minimum atomic E-state index is -0.0573. The van der Waals surface area contributed by atoms with Gasteiger partial charge in [-0.25, -0.2) is 4.98 Å². The number of hydrogen-bond acceptors (Lipinski definition) is 6. The number of hydrogen-bond donors (Lipinski definition) is 0. The molecule has 1 aliphatic rings. The number of rotatable bonds is 6. The van der Waals surface area contributed by atoms with Crippen molar-refractivity contribution in [2.45, 2.75) is 18.3 Å². The molecule has 1 atom stereocenters. The van der Waals surface area contributed by atoms with Crippen molar-refractivity contribution in [3.63, 3.8) is 0 Å². The van der Waals surface area contributed by atoms with Crippen molar-refractivity contribution >= 4 is 34.5 Å². The molecule has 0 aliphatic carbocycles. The number of aromatic nitrogens is 1. The molecule has 4 rings (SSSR count). The van der Waals surface area contributed by atoms with Crippen LogP contribution < -0.4 is 9.64 Å².